The third-order valence-electron chi connectivity index (χ3n) is 5.16. The first-order chi connectivity index (χ1) is 8.63. The predicted octanol–water partition coefficient (Wildman–Crippen LogP) is 2.43. The smallest absolute Gasteiger partial charge is 0.225 e. The second kappa shape index (κ2) is 6.05. The molecule has 18 heavy (non-hydrogen) atoms. The van der Waals surface area contributed by atoms with E-state index >= 15 is 0 Å². The summed E-state index contributed by atoms with van der Waals surface area (Å²) in [6.45, 7) is 1.96. The van der Waals surface area contributed by atoms with Gasteiger partial charge in [0.05, 0.1) is 12.6 Å². The minimum absolute atomic E-state index is 0.0541. The Hall–Kier alpha value is -0.570. The van der Waals surface area contributed by atoms with Crippen molar-refractivity contribution >= 4 is 5.91 Å². The molecule has 4 atom stereocenters. The number of aliphatic hydroxyl groups is 1. The predicted molar refractivity (Wildman–Crippen MR) is 72.1 cm³/mol. The van der Waals surface area contributed by atoms with Gasteiger partial charge in [0.1, 0.15) is 0 Å². The third kappa shape index (κ3) is 2.87. The molecule has 2 saturated carbocycles. The zero-order chi connectivity index (χ0) is 13.1. The number of fused-ring (bicyclic) bond motifs is 1. The highest BCUT2D eigenvalue weighted by Crippen LogP contribution is 2.43. The van der Waals surface area contributed by atoms with Gasteiger partial charge in [0.2, 0.25) is 5.91 Å². The first kappa shape index (κ1) is 13.9. The van der Waals surface area contributed by atoms with E-state index in [1.165, 1.54) is 32.1 Å². The average molecular weight is 253 g/mol. The van der Waals surface area contributed by atoms with Crippen LogP contribution in [0.2, 0.25) is 0 Å². The summed E-state index contributed by atoms with van der Waals surface area (Å²) < 4.78 is 0. The molecule has 0 heterocycles. The van der Waals surface area contributed by atoms with Crippen LogP contribution in [0, 0.1) is 17.8 Å². The van der Waals surface area contributed by atoms with Crippen LogP contribution < -0.4 is 0 Å². The van der Waals surface area contributed by atoms with Crippen LogP contribution in [0.4, 0.5) is 0 Å². The average Bonchev–Trinajstić information content (AvgIpc) is 2.44. The van der Waals surface area contributed by atoms with E-state index in [2.05, 4.69) is 0 Å². The van der Waals surface area contributed by atoms with Gasteiger partial charge in [0.15, 0.2) is 0 Å². The quantitative estimate of drug-likeness (QED) is 0.839. The molecule has 0 radical (unpaired) electrons. The monoisotopic (exact) mass is 253 g/mol. The lowest BCUT2D eigenvalue weighted by atomic mass is 9.67. The molecule has 2 aliphatic carbocycles. The van der Waals surface area contributed by atoms with Gasteiger partial charge >= 0.3 is 0 Å². The molecule has 1 amide bonds. The molecular formula is C15H27NO2. The number of carbonyl (C=O) groups is 1. The van der Waals surface area contributed by atoms with Crippen molar-refractivity contribution in [2.45, 2.75) is 57.9 Å². The summed E-state index contributed by atoms with van der Waals surface area (Å²) in [5.74, 6) is 2.14. The third-order valence-corrected chi connectivity index (χ3v) is 5.16. The van der Waals surface area contributed by atoms with Crippen molar-refractivity contribution in [3.8, 4) is 0 Å². The Kier molecular flexibility index (Phi) is 4.66. The van der Waals surface area contributed by atoms with Gasteiger partial charge in [-0.15, -0.1) is 0 Å². The summed E-state index contributed by atoms with van der Waals surface area (Å²) in [6, 6.07) is -0.0541. The van der Waals surface area contributed by atoms with Gasteiger partial charge in [-0.1, -0.05) is 25.7 Å². The molecule has 0 spiro atoms. The van der Waals surface area contributed by atoms with E-state index in [1.54, 1.807) is 4.90 Å². The molecule has 0 aromatic heterocycles. The fourth-order valence-corrected chi connectivity index (χ4v) is 3.73. The van der Waals surface area contributed by atoms with Crippen molar-refractivity contribution in [1.82, 2.24) is 4.90 Å². The van der Waals surface area contributed by atoms with Gasteiger partial charge in [0.25, 0.3) is 0 Å². The zero-order valence-electron chi connectivity index (χ0n) is 11.8. The van der Waals surface area contributed by atoms with Crippen LogP contribution in [-0.4, -0.2) is 35.6 Å². The molecule has 104 valence electrons. The molecule has 2 rings (SSSR count). The molecule has 1 N–H and O–H groups in total. The van der Waals surface area contributed by atoms with Crippen molar-refractivity contribution in [3.63, 3.8) is 0 Å². The molecule has 0 aromatic rings. The Balaban J connectivity index is 1.92. The molecule has 0 aromatic carbocycles. The van der Waals surface area contributed by atoms with Crippen LogP contribution in [0.15, 0.2) is 0 Å². The van der Waals surface area contributed by atoms with E-state index in [0.717, 1.165) is 24.7 Å². The normalized spacial score (nSPS) is 33.6. The number of hydrogen-bond donors (Lipinski definition) is 1. The standard InChI is InChI=1S/C15H27NO2/c1-11(10-17)16(2)15(18)14-8-7-12-5-3-4-6-13(12)9-14/h11-14,17H,3-10H2,1-2H3. The Bertz CT molecular complexity index is 292. The van der Waals surface area contributed by atoms with E-state index in [9.17, 15) is 4.79 Å². The Morgan fingerprint density at radius 2 is 1.89 bits per heavy atom. The summed E-state index contributed by atoms with van der Waals surface area (Å²) in [6.07, 6.45) is 8.84. The largest absolute Gasteiger partial charge is 0.394 e. The Morgan fingerprint density at radius 3 is 2.56 bits per heavy atom. The molecule has 0 saturated heterocycles. The minimum atomic E-state index is -0.0541. The molecule has 0 bridgehead atoms. The SMILES string of the molecule is CC(CO)N(C)C(=O)C1CCC2CCCCC2C1. The minimum Gasteiger partial charge on any atom is -0.394 e. The van der Waals surface area contributed by atoms with Crippen molar-refractivity contribution in [3.05, 3.63) is 0 Å². The fourth-order valence-electron chi connectivity index (χ4n) is 3.73. The first-order valence-electron chi connectivity index (χ1n) is 7.51. The topological polar surface area (TPSA) is 40.5 Å². The number of likely N-dealkylation sites (N-methyl/N-ethyl adjacent to an activating group) is 1. The van der Waals surface area contributed by atoms with Crippen molar-refractivity contribution in [2.24, 2.45) is 17.8 Å². The van der Waals surface area contributed by atoms with Gasteiger partial charge in [-0.25, -0.2) is 0 Å². The molecule has 4 unspecified atom stereocenters. The molecule has 0 aliphatic heterocycles. The molecular weight excluding hydrogens is 226 g/mol. The van der Waals surface area contributed by atoms with Gasteiger partial charge in [0, 0.05) is 13.0 Å². The lowest BCUT2D eigenvalue weighted by molar-refractivity contribution is -0.139. The second-order valence-corrected chi connectivity index (χ2v) is 6.30. The van der Waals surface area contributed by atoms with E-state index < -0.39 is 0 Å². The first-order valence-corrected chi connectivity index (χ1v) is 7.51. The van der Waals surface area contributed by atoms with Crippen molar-refractivity contribution in [2.75, 3.05) is 13.7 Å². The highest BCUT2D eigenvalue weighted by molar-refractivity contribution is 5.79. The van der Waals surface area contributed by atoms with Crippen LogP contribution in [0.3, 0.4) is 0 Å². The number of carbonyl (C=O) groups excluding carboxylic acids is 1. The molecule has 3 nitrogen and oxygen atoms in total. The van der Waals surface area contributed by atoms with Crippen LogP contribution in [-0.2, 0) is 4.79 Å². The van der Waals surface area contributed by atoms with E-state index in [4.69, 9.17) is 5.11 Å². The maximum absolute atomic E-state index is 12.4. The maximum atomic E-state index is 12.4. The fraction of sp³-hybridized carbons (Fsp3) is 0.933. The Labute approximate surface area is 111 Å². The van der Waals surface area contributed by atoms with Crippen LogP contribution >= 0.6 is 0 Å². The summed E-state index contributed by atoms with van der Waals surface area (Å²) in [5.41, 5.74) is 0. The maximum Gasteiger partial charge on any atom is 0.225 e. The summed E-state index contributed by atoms with van der Waals surface area (Å²) in [4.78, 5) is 14.1. The summed E-state index contributed by atoms with van der Waals surface area (Å²) in [5, 5.41) is 9.15. The highest BCUT2D eigenvalue weighted by Gasteiger charge is 2.36. The van der Waals surface area contributed by atoms with Gasteiger partial charge in [-0.05, 0) is 38.0 Å². The number of hydrogen-bond acceptors (Lipinski definition) is 2. The molecule has 2 aliphatic rings. The van der Waals surface area contributed by atoms with E-state index in [1.807, 2.05) is 14.0 Å². The van der Waals surface area contributed by atoms with Crippen LogP contribution in [0.1, 0.15) is 51.9 Å². The zero-order valence-corrected chi connectivity index (χ0v) is 11.8. The number of nitrogens with zero attached hydrogens (tertiary/aromatic N) is 1. The number of amides is 1. The van der Waals surface area contributed by atoms with Crippen LogP contribution in [0.5, 0.6) is 0 Å². The second-order valence-electron chi connectivity index (χ2n) is 6.30. The highest BCUT2D eigenvalue weighted by atomic mass is 16.3. The van der Waals surface area contributed by atoms with Crippen molar-refractivity contribution in [1.29, 1.82) is 0 Å². The number of rotatable bonds is 3. The van der Waals surface area contributed by atoms with Gasteiger partial charge in [-0.2, -0.15) is 0 Å². The van der Waals surface area contributed by atoms with E-state index in [0.29, 0.717) is 0 Å². The van der Waals surface area contributed by atoms with Gasteiger partial charge < -0.3 is 10.0 Å². The summed E-state index contributed by atoms with van der Waals surface area (Å²) >= 11 is 0. The molecule has 2 fully saturated rings. The number of aliphatic hydroxyl groups excluding tert-OH is 1. The van der Waals surface area contributed by atoms with Crippen LogP contribution in [0.25, 0.3) is 0 Å². The molecule has 3 heteroatoms. The Morgan fingerprint density at radius 1 is 1.22 bits per heavy atom. The summed E-state index contributed by atoms with van der Waals surface area (Å²) in [7, 11) is 1.83. The lowest BCUT2D eigenvalue weighted by Gasteiger charge is -2.40. The van der Waals surface area contributed by atoms with Gasteiger partial charge in [-0.3, -0.25) is 4.79 Å². The van der Waals surface area contributed by atoms with Crippen molar-refractivity contribution < 1.29 is 9.90 Å². The lowest BCUT2D eigenvalue weighted by Crippen LogP contribution is -2.43. The van der Waals surface area contributed by atoms with E-state index in [-0.39, 0.29) is 24.5 Å².